The number of carbonyl (C=O) groups excluding carboxylic acids is 1. The summed E-state index contributed by atoms with van der Waals surface area (Å²) in [6.07, 6.45) is 0.733. The first-order chi connectivity index (χ1) is 13.9. The van der Waals surface area contributed by atoms with Gasteiger partial charge in [0.05, 0.1) is 17.8 Å². The van der Waals surface area contributed by atoms with Crippen LogP contribution in [0.1, 0.15) is 48.8 Å². The van der Waals surface area contributed by atoms with Crippen LogP contribution >= 0.6 is 0 Å². The van der Waals surface area contributed by atoms with Gasteiger partial charge in [0.1, 0.15) is 0 Å². The van der Waals surface area contributed by atoms with E-state index in [2.05, 4.69) is 5.10 Å². The van der Waals surface area contributed by atoms with Crippen LogP contribution in [0.4, 0.5) is 0 Å². The quantitative estimate of drug-likeness (QED) is 0.742. The lowest BCUT2D eigenvalue weighted by Crippen LogP contribution is -2.36. The number of aromatic carboxylic acids is 1. The highest BCUT2D eigenvalue weighted by Crippen LogP contribution is 2.22. The molecule has 0 bridgehead atoms. The number of carbonyl (C=O) groups is 2. The summed E-state index contributed by atoms with van der Waals surface area (Å²) >= 11 is 0. The van der Waals surface area contributed by atoms with Crippen LogP contribution < -0.4 is 0 Å². The van der Waals surface area contributed by atoms with Gasteiger partial charge in [0, 0.05) is 24.3 Å². The van der Waals surface area contributed by atoms with Gasteiger partial charge in [-0.2, -0.15) is 5.10 Å². The molecule has 1 amide bonds. The predicted octanol–water partition coefficient (Wildman–Crippen LogP) is 3.44. The molecule has 0 saturated heterocycles. The number of hydrogen-bond acceptors (Lipinski definition) is 3. The summed E-state index contributed by atoms with van der Waals surface area (Å²) in [7, 11) is 0. The summed E-state index contributed by atoms with van der Waals surface area (Å²) in [5.41, 5.74) is 6.10. The molecule has 1 N–H and O–H groups in total. The monoisotopic (exact) mass is 389 g/mol. The second kappa shape index (κ2) is 7.54. The molecule has 1 aliphatic rings. The first-order valence-electron chi connectivity index (χ1n) is 9.65. The van der Waals surface area contributed by atoms with E-state index in [0.29, 0.717) is 25.2 Å². The van der Waals surface area contributed by atoms with Gasteiger partial charge in [-0.05, 0) is 67.3 Å². The van der Waals surface area contributed by atoms with E-state index in [-0.39, 0.29) is 11.5 Å². The molecule has 6 heteroatoms. The van der Waals surface area contributed by atoms with E-state index in [0.717, 1.165) is 34.5 Å². The number of aryl methyl sites for hydroxylation is 2. The zero-order chi connectivity index (χ0) is 20.5. The number of rotatable bonds is 4. The highest BCUT2D eigenvalue weighted by molar-refractivity contribution is 5.94. The van der Waals surface area contributed by atoms with Crippen molar-refractivity contribution in [2.45, 2.75) is 33.4 Å². The summed E-state index contributed by atoms with van der Waals surface area (Å²) < 4.78 is 1.95. The lowest BCUT2D eigenvalue weighted by atomic mass is 9.97. The maximum Gasteiger partial charge on any atom is 0.335 e. The number of fused-ring (bicyclic) bond motifs is 1. The van der Waals surface area contributed by atoms with Gasteiger partial charge in [-0.1, -0.05) is 18.2 Å². The molecular formula is C23H23N3O3. The summed E-state index contributed by atoms with van der Waals surface area (Å²) in [6, 6.07) is 14.8. The van der Waals surface area contributed by atoms with Gasteiger partial charge in [-0.25, -0.2) is 4.79 Å². The average Bonchev–Trinajstić information content (AvgIpc) is 3.03. The van der Waals surface area contributed by atoms with Gasteiger partial charge < -0.3 is 10.0 Å². The maximum absolute atomic E-state index is 12.9. The minimum atomic E-state index is -0.950. The van der Waals surface area contributed by atoms with Crippen molar-refractivity contribution in [3.63, 3.8) is 0 Å². The van der Waals surface area contributed by atoms with E-state index in [4.69, 9.17) is 0 Å². The Morgan fingerprint density at radius 3 is 2.38 bits per heavy atom. The third-order valence-corrected chi connectivity index (χ3v) is 5.39. The Morgan fingerprint density at radius 2 is 1.72 bits per heavy atom. The first kappa shape index (κ1) is 18.9. The molecule has 0 aliphatic carbocycles. The molecular weight excluding hydrogens is 366 g/mol. The van der Waals surface area contributed by atoms with E-state index in [1.54, 1.807) is 17.0 Å². The number of benzene rings is 2. The molecule has 148 valence electrons. The molecule has 6 nitrogen and oxygen atoms in total. The minimum Gasteiger partial charge on any atom is -0.478 e. The molecule has 2 heterocycles. The molecule has 1 aromatic heterocycles. The number of carboxylic acids is 1. The van der Waals surface area contributed by atoms with Gasteiger partial charge in [0.25, 0.3) is 5.91 Å². The molecule has 4 rings (SSSR count). The fraction of sp³-hybridized carbons (Fsp3) is 0.261. The molecule has 0 atom stereocenters. The molecule has 0 fully saturated rings. The molecule has 0 saturated carbocycles. The maximum atomic E-state index is 12.9. The normalized spacial score (nSPS) is 13.2. The second-order valence-electron chi connectivity index (χ2n) is 7.55. The Hall–Kier alpha value is -3.41. The third-order valence-electron chi connectivity index (χ3n) is 5.39. The van der Waals surface area contributed by atoms with Crippen molar-refractivity contribution < 1.29 is 14.7 Å². The van der Waals surface area contributed by atoms with Crippen molar-refractivity contribution in [1.29, 1.82) is 0 Å². The Kier molecular flexibility index (Phi) is 4.92. The number of amides is 1. The average molecular weight is 389 g/mol. The molecule has 2 aromatic carbocycles. The van der Waals surface area contributed by atoms with E-state index in [9.17, 15) is 14.7 Å². The topological polar surface area (TPSA) is 75.4 Å². The Labute approximate surface area is 169 Å². The van der Waals surface area contributed by atoms with Crippen LogP contribution in [0.25, 0.3) is 0 Å². The summed E-state index contributed by atoms with van der Waals surface area (Å²) in [5.74, 6) is -0.983. The van der Waals surface area contributed by atoms with Crippen LogP contribution in [0.3, 0.4) is 0 Å². The SMILES string of the molecule is Cc1cc(C)n(Cc2ccc(C(=O)N3CCc4ccc(C(=O)O)cc4C3)cc2)n1. The van der Waals surface area contributed by atoms with Crippen LogP contribution in [-0.4, -0.2) is 38.2 Å². The van der Waals surface area contributed by atoms with E-state index >= 15 is 0 Å². The number of hydrogen-bond donors (Lipinski definition) is 1. The van der Waals surface area contributed by atoms with Gasteiger partial charge in [0.2, 0.25) is 0 Å². The molecule has 0 spiro atoms. The third kappa shape index (κ3) is 3.92. The van der Waals surface area contributed by atoms with E-state index < -0.39 is 5.97 Å². The number of carboxylic acid groups (broad SMARTS) is 1. The second-order valence-corrected chi connectivity index (χ2v) is 7.55. The molecule has 29 heavy (non-hydrogen) atoms. The number of aromatic nitrogens is 2. The van der Waals surface area contributed by atoms with E-state index in [1.807, 2.05) is 54.9 Å². The summed E-state index contributed by atoms with van der Waals surface area (Å²) in [4.78, 5) is 26.0. The molecule has 1 aliphatic heterocycles. The van der Waals surface area contributed by atoms with Gasteiger partial charge in [-0.3, -0.25) is 9.48 Å². The Morgan fingerprint density at radius 1 is 1.00 bits per heavy atom. The standard InChI is InChI=1S/C23H23N3O3/c1-15-11-16(2)26(24-15)13-17-3-5-19(6-4-17)22(27)25-10-9-18-7-8-20(23(28)29)12-21(18)14-25/h3-8,11-12H,9-10,13-14H2,1-2H3,(H,28,29). The van der Waals surface area contributed by atoms with E-state index in [1.165, 1.54) is 0 Å². The Bertz CT molecular complexity index is 1080. The highest BCUT2D eigenvalue weighted by Gasteiger charge is 2.22. The van der Waals surface area contributed by atoms with Crippen LogP contribution in [0, 0.1) is 13.8 Å². The van der Waals surface area contributed by atoms with Crippen molar-refractivity contribution in [3.05, 3.63) is 87.7 Å². The van der Waals surface area contributed by atoms with Crippen LogP contribution in [0.5, 0.6) is 0 Å². The fourth-order valence-electron chi connectivity index (χ4n) is 3.81. The van der Waals surface area contributed by atoms with Crippen molar-refractivity contribution in [3.8, 4) is 0 Å². The van der Waals surface area contributed by atoms with Crippen molar-refractivity contribution in [2.24, 2.45) is 0 Å². The van der Waals surface area contributed by atoms with Crippen LogP contribution in [0.2, 0.25) is 0 Å². The molecule has 3 aromatic rings. The van der Waals surface area contributed by atoms with Crippen molar-refractivity contribution in [1.82, 2.24) is 14.7 Å². The van der Waals surface area contributed by atoms with Gasteiger partial charge in [0.15, 0.2) is 0 Å². The first-order valence-corrected chi connectivity index (χ1v) is 9.65. The van der Waals surface area contributed by atoms with Crippen molar-refractivity contribution >= 4 is 11.9 Å². The van der Waals surface area contributed by atoms with Crippen molar-refractivity contribution in [2.75, 3.05) is 6.54 Å². The predicted molar refractivity (Wildman–Crippen MR) is 109 cm³/mol. The van der Waals surface area contributed by atoms with Gasteiger partial charge >= 0.3 is 5.97 Å². The zero-order valence-electron chi connectivity index (χ0n) is 16.6. The highest BCUT2D eigenvalue weighted by atomic mass is 16.4. The van der Waals surface area contributed by atoms with Gasteiger partial charge in [-0.15, -0.1) is 0 Å². The lowest BCUT2D eigenvalue weighted by Gasteiger charge is -2.29. The Balaban J connectivity index is 1.48. The number of nitrogens with zero attached hydrogens (tertiary/aromatic N) is 3. The largest absolute Gasteiger partial charge is 0.478 e. The molecule has 0 radical (unpaired) electrons. The molecule has 0 unspecified atom stereocenters. The minimum absolute atomic E-state index is 0.0333. The summed E-state index contributed by atoms with van der Waals surface area (Å²) in [5, 5.41) is 13.7. The zero-order valence-corrected chi connectivity index (χ0v) is 16.6. The summed E-state index contributed by atoms with van der Waals surface area (Å²) in [6.45, 7) is 5.74. The van der Waals surface area contributed by atoms with Crippen LogP contribution in [0.15, 0.2) is 48.5 Å². The smallest absolute Gasteiger partial charge is 0.335 e. The fourth-order valence-corrected chi connectivity index (χ4v) is 3.81. The lowest BCUT2D eigenvalue weighted by molar-refractivity contribution is 0.0696. The van der Waals surface area contributed by atoms with Crippen LogP contribution in [-0.2, 0) is 19.5 Å².